The minimum Gasteiger partial charge on any atom is -0.357 e. The van der Waals surface area contributed by atoms with Crippen LogP contribution in [0.5, 0.6) is 0 Å². The standard InChI is InChI=1S/C12H11BrClNO/c1-2-3-8-6-11(16)9-4-7(13)5-10(14)12(9)15-8/h4-6H,2-3H2,1H3,(H,15,16). The number of nitrogens with one attached hydrogen (secondary N) is 1. The van der Waals surface area contributed by atoms with Crippen molar-refractivity contribution in [1.82, 2.24) is 4.98 Å². The van der Waals surface area contributed by atoms with Crippen LogP contribution in [0.15, 0.2) is 27.5 Å². The van der Waals surface area contributed by atoms with Crippen molar-refractivity contribution in [1.29, 1.82) is 0 Å². The summed E-state index contributed by atoms with van der Waals surface area (Å²) in [4.78, 5) is 15.1. The van der Waals surface area contributed by atoms with Crippen LogP contribution in [0.1, 0.15) is 19.0 Å². The quantitative estimate of drug-likeness (QED) is 0.896. The van der Waals surface area contributed by atoms with Gasteiger partial charge in [-0.2, -0.15) is 0 Å². The number of benzene rings is 1. The molecule has 0 aliphatic heterocycles. The first kappa shape index (κ1) is 11.7. The number of aryl methyl sites for hydroxylation is 1. The molecule has 0 aliphatic carbocycles. The maximum atomic E-state index is 11.9. The van der Waals surface area contributed by atoms with Gasteiger partial charge in [0, 0.05) is 21.6 Å². The summed E-state index contributed by atoms with van der Waals surface area (Å²) in [5, 5.41) is 1.19. The van der Waals surface area contributed by atoms with Crippen LogP contribution in [0, 0.1) is 0 Å². The molecule has 0 saturated heterocycles. The van der Waals surface area contributed by atoms with E-state index in [9.17, 15) is 4.79 Å². The van der Waals surface area contributed by atoms with Gasteiger partial charge in [-0.05, 0) is 18.6 Å². The summed E-state index contributed by atoms with van der Waals surface area (Å²) in [6.07, 6.45) is 1.85. The van der Waals surface area contributed by atoms with Gasteiger partial charge >= 0.3 is 0 Å². The smallest absolute Gasteiger partial charge is 0.189 e. The van der Waals surface area contributed by atoms with Gasteiger partial charge in [-0.25, -0.2) is 0 Å². The third-order valence-corrected chi connectivity index (χ3v) is 3.19. The lowest BCUT2D eigenvalue weighted by Crippen LogP contribution is -2.05. The Balaban J connectivity index is 2.77. The Morgan fingerprint density at radius 3 is 2.81 bits per heavy atom. The number of aromatic nitrogens is 1. The second-order valence-electron chi connectivity index (χ2n) is 3.72. The molecule has 0 spiro atoms. The zero-order valence-corrected chi connectivity index (χ0v) is 11.2. The maximum absolute atomic E-state index is 11.9. The largest absolute Gasteiger partial charge is 0.357 e. The summed E-state index contributed by atoms with van der Waals surface area (Å²) >= 11 is 9.44. The lowest BCUT2D eigenvalue weighted by Gasteiger charge is -2.05. The first-order chi connectivity index (χ1) is 7.61. The Morgan fingerprint density at radius 1 is 1.38 bits per heavy atom. The Morgan fingerprint density at radius 2 is 2.12 bits per heavy atom. The number of halogens is 2. The number of pyridine rings is 1. The van der Waals surface area contributed by atoms with Crippen LogP contribution in [0.25, 0.3) is 10.9 Å². The van der Waals surface area contributed by atoms with Crippen LogP contribution in [-0.2, 0) is 6.42 Å². The molecule has 0 unspecified atom stereocenters. The molecule has 0 aliphatic rings. The summed E-state index contributed by atoms with van der Waals surface area (Å²) in [6.45, 7) is 2.08. The maximum Gasteiger partial charge on any atom is 0.189 e. The molecule has 1 aromatic heterocycles. The van der Waals surface area contributed by atoms with E-state index < -0.39 is 0 Å². The van der Waals surface area contributed by atoms with Crippen molar-refractivity contribution in [2.75, 3.05) is 0 Å². The van der Waals surface area contributed by atoms with Gasteiger partial charge in [-0.1, -0.05) is 40.9 Å². The number of aromatic amines is 1. The summed E-state index contributed by atoms with van der Waals surface area (Å²) < 4.78 is 0.818. The van der Waals surface area contributed by atoms with Crippen molar-refractivity contribution >= 4 is 38.4 Å². The molecule has 1 heterocycles. The van der Waals surface area contributed by atoms with Gasteiger partial charge in [-0.3, -0.25) is 4.79 Å². The van der Waals surface area contributed by atoms with Crippen LogP contribution in [-0.4, -0.2) is 4.98 Å². The normalized spacial score (nSPS) is 10.9. The van der Waals surface area contributed by atoms with Gasteiger partial charge in [0.15, 0.2) is 5.43 Å². The van der Waals surface area contributed by atoms with E-state index in [4.69, 9.17) is 11.6 Å². The van der Waals surface area contributed by atoms with E-state index in [1.54, 1.807) is 18.2 Å². The van der Waals surface area contributed by atoms with Crippen LogP contribution in [0.3, 0.4) is 0 Å². The minimum atomic E-state index is 0.0143. The van der Waals surface area contributed by atoms with Crippen LogP contribution < -0.4 is 5.43 Å². The van der Waals surface area contributed by atoms with E-state index in [0.717, 1.165) is 28.5 Å². The fourth-order valence-corrected chi connectivity index (χ4v) is 2.59. The molecule has 0 atom stereocenters. The second kappa shape index (κ2) is 4.60. The van der Waals surface area contributed by atoms with E-state index in [1.807, 2.05) is 0 Å². The van der Waals surface area contributed by atoms with Gasteiger partial charge < -0.3 is 4.98 Å². The van der Waals surface area contributed by atoms with Crippen LogP contribution in [0.2, 0.25) is 5.02 Å². The fraction of sp³-hybridized carbons (Fsp3) is 0.250. The van der Waals surface area contributed by atoms with Crippen molar-refractivity contribution < 1.29 is 0 Å². The molecule has 16 heavy (non-hydrogen) atoms. The zero-order valence-electron chi connectivity index (χ0n) is 8.81. The molecule has 84 valence electrons. The average molecular weight is 301 g/mol. The number of hydrogen-bond donors (Lipinski definition) is 1. The number of fused-ring (bicyclic) bond motifs is 1. The summed E-state index contributed by atoms with van der Waals surface area (Å²) in [5.41, 5.74) is 1.67. The van der Waals surface area contributed by atoms with E-state index in [0.29, 0.717) is 10.4 Å². The Hall–Kier alpha value is -0.800. The summed E-state index contributed by atoms with van der Waals surface area (Å²) in [7, 11) is 0. The molecule has 0 amide bonds. The van der Waals surface area contributed by atoms with Crippen LogP contribution >= 0.6 is 27.5 Å². The van der Waals surface area contributed by atoms with Crippen molar-refractivity contribution in [3.63, 3.8) is 0 Å². The predicted molar refractivity (Wildman–Crippen MR) is 71.3 cm³/mol. The van der Waals surface area contributed by atoms with Gasteiger partial charge in [0.2, 0.25) is 0 Å². The summed E-state index contributed by atoms with van der Waals surface area (Å²) in [6, 6.07) is 5.22. The third kappa shape index (κ3) is 2.15. The Bertz CT molecular complexity index is 591. The minimum absolute atomic E-state index is 0.0143. The number of H-pyrrole nitrogens is 1. The molecule has 1 aromatic carbocycles. The molecule has 2 aromatic rings. The fourth-order valence-electron chi connectivity index (χ4n) is 1.73. The highest BCUT2D eigenvalue weighted by Crippen LogP contribution is 2.25. The van der Waals surface area contributed by atoms with Crippen molar-refractivity contribution in [2.24, 2.45) is 0 Å². The molecule has 0 radical (unpaired) electrons. The Kier molecular flexibility index (Phi) is 3.36. The molecule has 4 heteroatoms. The number of hydrogen-bond acceptors (Lipinski definition) is 1. The first-order valence-corrected chi connectivity index (χ1v) is 6.30. The molecule has 0 bridgehead atoms. The summed E-state index contributed by atoms with van der Waals surface area (Å²) in [5.74, 6) is 0. The Labute approximate surface area is 107 Å². The lowest BCUT2D eigenvalue weighted by atomic mass is 10.1. The van der Waals surface area contributed by atoms with E-state index >= 15 is 0 Å². The highest BCUT2D eigenvalue weighted by atomic mass is 79.9. The molecule has 2 nitrogen and oxygen atoms in total. The van der Waals surface area contributed by atoms with Crippen molar-refractivity contribution in [3.8, 4) is 0 Å². The first-order valence-electron chi connectivity index (χ1n) is 5.12. The molecule has 0 fully saturated rings. The van der Waals surface area contributed by atoms with Crippen molar-refractivity contribution in [3.05, 3.63) is 43.6 Å². The highest BCUT2D eigenvalue weighted by molar-refractivity contribution is 9.10. The van der Waals surface area contributed by atoms with Crippen molar-refractivity contribution in [2.45, 2.75) is 19.8 Å². The van der Waals surface area contributed by atoms with Gasteiger partial charge in [-0.15, -0.1) is 0 Å². The SMILES string of the molecule is CCCc1cc(=O)c2cc(Br)cc(Cl)c2[nH]1. The third-order valence-electron chi connectivity index (χ3n) is 2.43. The van der Waals surface area contributed by atoms with Gasteiger partial charge in [0.25, 0.3) is 0 Å². The molecule has 1 N–H and O–H groups in total. The average Bonchev–Trinajstić information content (AvgIpc) is 2.20. The second-order valence-corrected chi connectivity index (χ2v) is 5.04. The molecule has 2 rings (SSSR count). The van der Waals surface area contributed by atoms with E-state index in [1.165, 1.54) is 0 Å². The zero-order chi connectivity index (χ0) is 11.7. The highest BCUT2D eigenvalue weighted by Gasteiger charge is 2.06. The molecular weight excluding hydrogens is 289 g/mol. The van der Waals surface area contributed by atoms with Crippen LogP contribution in [0.4, 0.5) is 0 Å². The van der Waals surface area contributed by atoms with E-state index in [2.05, 4.69) is 27.8 Å². The van der Waals surface area contributed by atoms with E-state index in [-0.39, 0.29) is 5.43 Å². The number of rotatable bonds is 2. The lowest BCUT2D eigenvalue weighted by molar-refractivity contribution is 0.888. The predicted octanol–water partition coefficient (Wildman–Crippen LogP) is 3.90. The molecular formula is C12H11BrClNO. The van der Waals surface area contributed by atoms with Gasteiger partial charge in [0.05, 0.1) is 10.5 Å². The molecule has 0 saturated carbocycles. The van der Waals surface area contributed by atoms with Gasteiger partial charge in [0.1, 0.15) is 0 Å². The monoisotopic (exact) mass is 299 g/mol. The topological polar surface area (TPSA) is 32.9 Å².